The maximum absolute atomic E-state index is 11.8. The van der Waals surface area contributed by atoms with Gasteiger partial charge in [0.25, 0.3) is 5.91 Å². The predicted molar refractivity (Wildman–Crippen MR) is 66.5 cm³/mol. The summed E-state index contributed by atoms with van der Waals surface area (Å²) in [5.74, 6) is -1.26. The summed E-state index contributed by atoms with van der Waals surface area (Å²) >= 11 is 0.700. The fraction of sp³-hybridized carbons (Fsp3) is 0. The molecule has 0 unspecified atom stereocenters. The Hall–Kier alpha value is -2.68. The molecule has 1 heterocycles. The van der Waals surface area contributed by atoms with E-state index >= 15 is 0 Å². The van der Waals surface area contributed by atoms with Gasteiger partial charge in [0.2, 0.25) is 0 Å². The highest BCUT2D eigenvalue weighted by molar-refractivity contribution is 7.18. The summed E-state index contributed by atoms with van der Waals surface area (Å²) in [5.41, 5.74) is -0.0735. The highest BCUT2D eigenvalue weighted by Gasteiger charge is 2.16. The number of phenolic OH excluding ortho intramolecular Hbond substituents is 2. The molecule has 9 heteroatoms. The van der Waals surface area contributed by atoms with Gasteiger partial charge in [-0.1, -0.05) is 0 Å². The van der Waals surface area contributed by atoms with Gasteiger partial charge >= 0.3 is 5.00 Å². The number of aromatic nitrogens is 1. The zero-order chi connectivity index (χ0) is 14.0. The molecule has 0 aliphatic rings. The number of aromatic hydroxyl groups is 2. The number of thiazole rings is 1. The lowest BCUT2D eigenvalue weighted by Gasteiger charge is -2.04. The molecule has 0 saturated carbocycles. The first-order valence-corrected chi connectivity index (χ1v) is 5.72. The van der Waals surface area contributed by atoms with Crippen molar-refractivity contribution in [3.8, 4) is 11.5 Å². The molecule has 8 nitrogen and oxygen atoms in total. The van der Waals surface area contributed by atoms with Crippen LogP contribution >= 0.6 is 11.3 Å². The van der Waals surface area contributed by atoms with Crippen LogP contribution < -0.4 is 5.32 Å². The number of nitrogens with one attached hydrogen (secondary N) is 1. The number of nitrogens with zero attached hydrogens (tertiary/aromatic N) is 2. The molecule has 1 aromatic heterocycles. The lowest BCUT2D eigenvalue weighted by atomic mass is 10.2. The van der Waals surface area contributed by atoms with Crippen LogP contribution in [0.2, 0.25) is 0 Å². The molecule has 19 heavy (non-hydrogen) atoms. The third-order valence-electron chi connectivity index (χ3n) is 2.12. The number of amides is 1. The second-order valence-electron chi connectivity index (χ2n) is 3.42. The molecule has 2 aromatic rings. The Labute approximate surface area is 110 Å². The maximum Gasteiger partial charge on any atom is 0.345 e. The number of anilines is 1. The number of carbonyl (C=O) groups is 1. The van der Waals surface area contributed by atoms with Crippen LogP contribution in [0.3, 0.4) is 0 Å². The molecule has 0 fully saturated rings. The quantitative estimate of drug-likeness (QED) is 0.580. The Balaban J connectivity index is 2.18. The Kier molecular flexibility index (Phi) is 3.29. The summed E-state index contributed by atoms with van der Waals surface area (Å²) in [7, 11) is 0. The number of nitro groups is 1. The second-order valence-corrected chi connectivity index (χ2v) is 4.43. The lowest BCUT2D eigenvalue weighted by molar-refractivity contribution is -0.380. The van der Waals surface area contributed by atoms with Crippen molar-refractivity contribution in [2.75, 3.05) is 5.32 Å². The van der Waals surface area contributed by atoms with Crippen molar-refractivity contribution >= 4 is 27.4 Å². The molecule has 0 aliphatic heterocycles. The van der Waals surface area contributed by atoms with Gasteiger partial charge in [-0.15, -0.1) is 0 Å². The van der Waals surface area contributed by atoms with Crippen LogP contribution in [0.5, 0.6) is 11.5 Å². The molecule has 1 amide bonds. The van der Waals surface area contributed by atoms with Gasteiger partial charge in [-0.3, -0.25) is 20.2 Å². The van der Waals surface area contributed by atoms with Crippen LogP contribution in [-0.4, -0.2) is 26.0 Å². The summed E-state index contributed by atoms with van der Waals surface area (Å²) in [6.45, 7) is 0. The van der Waals surface area contributed by atoms with E-state index in [-0.39, 0.29) is 21.4 Å². The van der Waals surface area contributed by atoms with Crippen LogP contribution in [0, 0.1) is 10.1 Å². The predicted octanol–water partition coefficient (Wildman–Crippen LogP) is 1.71. The molecule has 2 rings (SSSR count). The van der Waals surface area contributed by atoms with E-state index in [0.717, 1.165) is 12.3 Å². The molecule has 0 spiro atoms. The van der Waals surface area contributed by atoms with Crippen molar-refractivity contribution in [3.63, 3.8) is 0 Å². The number of rotatable bonds is 3. The third-order valence-corrected chi connectivity index (χ3v) is 2.98. The molecule has 0 saturated heterocycles. The normalized spacial score (nSPS) is 10.1. The van der Waals surface area contributed by atoms with Crippen LogP contribution in [0.4, 0.5) is 10.1 Å². The summed E-state index contributed by atoms with van der Waals surface area (Å²) in [6.07, 6.45) is 1.02. The number of carbonyl (C=O) groups excluding carboxylic acids is 1. The smallest absolute Gasteiger partial charge is 0.345 e. The van der Waals surface area contributed by atoms with E-state index in [4.69, 9.17) is 5.11 Å². The number of hydrogen-bond donors (Lipinski definition) is 3. The summed E-state index contributed by atoms with van der Waals surface area (Å²) in [4.78, 5) is 25.3. The van der Waals surface area contributed by atoms with Gasteiger partial charge in [-0.05, 0) is 23.5 Å². The molecule has 0 atom stereocenters. The van der Waals surface area contributed by atoms with E-state index in [0.29, 0.717) is 11.3 Å². The first-order chi connectivity index (χ1) is 8.97. The second kappa shape index (κ2) is 4.90. The molecule has 98 valence electrons. The first kappa shape index (κ1) is 12.8. The zero-order valence-electron chi connectivity index (χ0n) is 9.23. The minimum atomic E-state index is -0.679. The minimum Gasteiger partial charge on any atom is -0.508 e. The highest BCUT2D eigenvalue weighted by atomic mass is 32.1. The van der Waals surface area contributed by atoms with Gasteiger partial charge in [0.1, 0.15) is 17.7 Å². The van der Waals surface area contributed by atoms with Crippen LogP contribution in [0.25, 0.3) is 0 Å². The number of phenols is 2. The van der Waals surface area contributed by atoms with E-state index in [9.17, 15) is 20.0 Å². The molecule has 0 radical (unpaired) electrons. The highest BCUT2D eigenvalue weighted by Crippen LogP contribution is 2.27. The zero-order valence-corrected chi connectivity index (χ0v) is 10.0. The van der Waals surface area contributed by atoms with Crippen molar-refractivity contribution in [2.24, 2.45) is 0 Å². The van der Waals surface area contributed by atoms with Crippen molar-refractivity contribution in [3.05, 3.63) is 40.1 Å². The average molecular weight is 281 g/mol. The lowest BCUT2D eigenvalue weighted by Crippen LogP contribution is -2.11. The van der Waals surface area contributed by atoms with Crippen molar-refractivity contribution < 1.29 is 19.9 Å². The standard InChI is InChI=1S/C10H7N3O5S/c14-5-1-2-6(7(15)3-5)9(16)12-10-11-4-8(19-10)13(17)18/h1-4,14-15H,(H,11,12,16). The molecular formula is C10H7N3O5S. The number of benzene rings is 1. The van der Waals surface area contributed by atoms with Crippen LogP contribution in [0.15, 0.2) is 24.4 Å². The minimum absolute atomic E-state index is 0.0455. The van der Waals surface area contributed by atoms with Crippen LogP contribution in [-0.2, 0) is 0 Å². The van der Waals surface area contributed by atoms with Gasteiger partial charge in [0.05, 0.1) is 10.5 Å². The molecular weight excluding hydrogens is 274 g/mol. The van der Waals surface area contributed by atoms with E-state index < -0.39 is 16.6 Å². The van der Waals surface area contributed by atoms with Crippen molar-refractivity contribution in [1.29, 1.82) is 0 Å². The average Bonchev–Trinajstić information content (AvgIpc) is 2.77. The Bertz CT molecular complexity index is 654. The van der Waals surface area contributed by atoms with Crippen LogP contribution in [0.1, 0.15) is 10.4 Å². The Morgan fingerprint density at radius 1 is 1.42 bits per heavy atom. The first-order valence-electron chi connectivity index (χ1n) is 4.91. The Morgan fingerprint density at radius 3 is 2.74 bits per heavy atom. The van der Waals surface area contributed by atoms with Gasteiger partial charge in [0.15, 0.2) is 5.13 Å². The van der Waals surface area contributed by atoms with Gasteiger partial charge in [-0.25, -0.2) is 4.98 Å². The Morgan fingerprint density at radius 2 is 2.16 bits per heavy atom. The van der Waals surface area contributed by atoms with E-state index in [1.54, 1.807) is 0 Å². The van der Waals surface area contributed by atoms with Gasteiger partial charge in [-0.2, -0.15) is 0 Å². The SMILES string of the molecule is O=C(Nc1ncc([N+](=O)[O-])s1)c1ccc(O)cc1O. The molecule has 0 bridgehead atoms. The third kappa shape index (κ3) is 2.77. The summed E-state index contributed by atoms with van der Waals surface area (Å²) < 4.78 is 0. The van der Waals surface area contributed by atoms with E-state index in [1.165, 1.54) is 12.1 Å². The summed E-state index contributed by atoms with van der Waals surface area (Å²) in [6, 6.07) is 3.47. The summed E-state index contributed by atoms with van der Waals surface area (Å²) in [5, 5.41) is 31.2. The molecule has 3 N–H and O–H groups in total. The molecule has 1 aromatic carbocycles. The van der Waals surface area contributed by atoms with Gasteiger partial charge < -0.3 is 10.2 Å². The number of hydrogen-bond acceptors (Lipinski definition) is 7. The van der Waals surface area contributed by atoms with Crippen molar-refractivity contribution in [1.82, 2.24) is 4.98 Å². The molecule has 0 aliphatic carbocycles. The fourth-order valence-electron chi connectivity index (χ4n) is 1.28. The topological polar surface area (TPSA) is 126 Å². The maximum atomic E-state index is 11.8. The van der Waals surface area contributed by atoms with E-state index in [2.05, 4.69) is 10.3 Å². The fourth-order valence-corrected chi connectivity index (χ4v) is 1.91. The monoisotopic (exact) mass is 281 g/mol. The van der Waals surface area contributed by atoms with Gasteiger partial charge in [0, 0.05) is 6.07 Å². The largest absolute Gasteiger partial charge is 0.508 e. The van der Waals surface area contributed by atoms with E-state index in [1.807, 2.05) is 0 Å². The van der Waals surface area contributed by atoms with Crippen molar-refractivity contribution in [2.45, 2.75) is 0 Å².